The Morgan fingerprint density at radius 3 is 2.46 bits per heavy atom. The van der Waals surface area contributed by atoms with Crippen molar-refractivity contribution in [2.24, 2.45) is 11.0 Å². The van der Waals surface area contributed by atoms with Crippen molar-refractivity contribution in [3.05, 3.63) is 17.7 Å². The Morgan fingerprint density at radius 2 is 1.88 bits per heavy atom. The zero-order valence-electron chi connectivity index (χ0n) is 14.3. The first kappa shape index (κ1) is 18.3. The van der Waals surface area contributed by atoms with Crippen molar-refractivity contribution in [1.82, 2.24) is 10.7 Å². The third-order valence-corrected chi connectivity index (χ3v) is 4.52. The average molecular weight is 351 g/mol. The van der Waals surface area contributed by atoms with E-state index in [-0.39, 0.29) is 5.75 Å². The van der Waals surface area contributed by atoms with Crippen LogP contribution < -0.4 is 20.2 Å². The predicted octanol–water partition coefficient (Wildman–Crippen LogP) is 2.79. The Hall–Kier alpha value is -2.02. The number of hydrogen-bond donors (Lipinski definition) is 3. The molecular weight excluding hydrogens is 326 g/mol. The molecule has 0 radical (unpaired) electrons. The highest BCUT2D eigenvalue weighted by Gasteiger charge is 2.21. The number of hydrogen-bond acceptors (Lipinski definition) is 5. The van der Waals surface area contributed by atoms with Crippen molar-refractivity contribution in [2.75, 3.05) is 14.2 Å². The second kappa shape index (κ2) is 8.73. The Kier molecular flexibility index (Phi) is 6.66. The summed E-state index contributed by atoms with van der Waals surface area (Å²) in [5, 5.41) is 17.9. The highest BCUT2D eigenvalue weighted by Crippen LogP contribution is 2.36. The zero-order chi connectivity index (χ0) is 17.5. The molecule has 0 unspecified atom stereocenters. The summed E-state index contributed by atoms with van der Waals surface area (Å²) in [7, 11) is 2.97. The number of phenols is 1. The molecule has 1 fully saturated rings. The van der Waals surface area contributed by atoms with Crippen LogP contribution in [-0.4, -0.2) is 36.7 Å². The maximum atomic E-state index is 9.89. The summed E-state index contributed by atoms with van der Waals surface area (Å²) >= 11 is 5.30. The lowest BCUT2D eigenvalue weighted by Gasteiger charge is -2.30. The molecular formula is C17H25N3O3S. The second-order valence-electron chi connectivity index (χ2n) is 5.99. The van der Waals surface area contributed by atoms with E-state index in [0.717, 1.165) is 12.0 Å². The average Bonchev–Trinajstić information content (AvgIpc) is 2.58. The largest absolute Gasteiger partial charge is 0.502 e. The zero-order valence-corrected chi connectivity index (χ0v) is 15.2. The van der Waals surface area contributed by atoms with Gasteiger partial charge in [0.1, 0.15) is 0 Å². The van der Waals surface area contributed by atoms with Gasteiger partial charge in [-0.25, -0.2) is 0 Å². The van der Waals surface area contributed by atoms with Gasteiger partial charge in [0.15, 0.2) is 16.6 Å². The van der Waals surface area contributed by atoms with Crippen molar-refractivity contribution >= 4 is 23.5 Å². The first-order valence-electron chi connectivity index (χ1n) is 8.09. The molecule has 0 aliphatic heterocycles. The molecule has 1 aromatic rings. The van der Waals surface area contributed by atoms with Gasteiger partial charge >= 0.3 is 0 Å². The van der Waals surface area contributed by atoms with Gasteiger partial charge in [-0.1, -0.05) is 19.8 Å². The van der Waals surface area contributed by atoms with Crippen molar-refractivity contribution in [1.29, 1.82) is 0 Å². The monoisotopic (exact) mass is 351 g/mol. The first-order chi connectivity index (χ1) is 11.5. The molecule has 1 aliphatic carbocycles. The topological polar surface area (TPSA) is 75.1 Å². The van der Waals surface area contributed by atoms with Gasteiger partial charge in [-0.3, -0.25) is 5.43 Å². The van der Waals surface area contributed by atoms with E-state index in [1.165, 1.54) is 33.5 Å². The number of hydrazone groups is 1. The van der Waals surface area contributed by atoms with Crippen LogP contribution in [0.2, 0.25) is 0 Å². The number of rotatable bonds is 5. The first-order valence-corrected chi connectivity index (χ1v) is 8.50. The number of benzene rings is 1. The lowest BCUT2D eigenvalue weighted by molar-refractivity contribution is 0.308. The molecule has 2 atom stereocenters. The van der Waals surface area contributed by atoms with Crippen LogP contribution in [0.5, 0.6) is 17.2 Å². The minimum absolute atomic E-state index is 0.0337. The Bertz CT molecular complexity index is 582. The quantitative estimate of drug-likeness (QED) is 0.430. The summed E-state index contributed by atoms with van der Waals surface area (Å²) in [5.74, 6) is 1.24. The molecule has 0 saturated heterocycles. The summed E-state index contributed by atoms with van der Waals surface area (Å²) in [5.41, 5.74) is 3.56. The van der Waals surface area contributed by atoms with Crippen LogP contribution in [0.15, 0.2) is 17.2 Å². The lowest BCUT2D eigenvalue weighted by Crippen LogP contribution is -2.44. The van der Waals surface area contributed by atoms with E-state index in [0.29, 0.717) is 28.6 Å². The van der Waals surface area contributed by atoms with Crippen LogP contribution >= 0.6 is 12.2 Å². The molecule has 1 aliphatic rings. The predicted molar refractivity (Wildman–Crippen MR) is 99.1 cm³/mol. The maximum absolute atomic E-state index is 9.89. The molecule has 6 nitrogen and oxygen atoms in total. The van der Waals surface area contributed by atoms with Gasteiger partial charge in [0.25, 0.3) is 0 Å². The third-order valence-electron chi connectivity index (χ3n) is 4.31. The van der Waals surface area contributed by atoms with Crippen LogP contribution in [-0.2, 0) is 0 Å². The van der Waals surface area contributed by atoms with Gasteiger partial charge in [0.2, 0.25) is 5.75 Å². The number of phenolic OH excluding ortho intramolecular Hbond substituents is 1. The molecule has 1 aromatic carbocycles. The fraction of sp³-hybridized carbons (Fsp3) is 0.529. The summed E-state index contributed by atoms with van der Waals surface area (Å²) in [4.78, 5) is 0. The molecule has 0 aromatic heterocycles. The summed E-state index contributed by atoms with van der Waals surface area (Å²) in [6, 6.07) is 3.74. The molecule has 24 heavy (non-hydrogen) atoms. The fourth-order valence-corrected chi connectivity index (χ4v) is 3.09. The minimum Gasteiger partial charge on any atom is -0.502 e. The molecule has 0 amide bonds. The fourth-order valence-electron chi connectivity index (χ4n) is 2.89. The van der Waals surface area contributed by atoms with Crippen LogP contribution in [0.25, 0.3) is 0 Å². The van der Waals surface area contributed by atoms with Crippen molar-refractivity contribution in [3.63, 3.8) is 0 Å². The number of nitrogens with zero attached hydrogens (tertiary/aromatic N) is 1. The number of thiocarbonyl (C=S) groups is 1. The van der Waals surface area contributed by atoms with Crippen LogP contribution in [0.3, 0.4) is 0 Å². The van der Waals surface area contributed by atoms with E-state index in [4.69, 9.17) is 21.7 Å². The minimum atomic E-state index is -0.0337. The molecule has 0 heterocycles. The van der Waals surface area contributed by atoms with Gasteiger partial charge in [-0.05, 0) is 43.1 Å². The molecule has 1 saturated carbocycles. The van der Waals surface area contributed by atoms with E-state index in [1.54, 1.807) is 18.3 Å². The second-order valence-corrected chi connectivity index (χ2v) is 6.39. The molecule has 2 rings (SSSR count). The van der Waals surface area contributed by atoms with Gasteiger partial charge in [-0.15, -0.1) is 0 Å². The molecule has 3 N–H and O–H groups in total. The van der Waals surface area contributed by atoms with Crippen molar-refractivity contribution < 1.29 is 14.6 Å². The van der Waals surface area contributed by atoms with Crippen molar-refractivity contribution in [2.45, 2.75) is 38.6 Å². The van der Waals surface area contributed by atoms with E-state index in [9.17, 15) is 5.11 Å². The standard InChI is InChI=1S/C17H25N3O3S/c1-11-6-4-5-7-13(11)19-17(24)20-18-10-12-8-14(22-2)16(21)15(9-12)23-3/h8-11,13,21H,4-7H2,1-3H3,(H2,19,20,24)/b18-10+/t11-,13+/m0/s1. The summed E-state index contributed by atoms with van der Waals surface area (Å²) in [6.07, 6.45) is 6.50. The van der Waals surface area contributed by atoms with Crippen molar-refractivity contribution in [3.8, 4) is 17.2 Å². The van der Waals surface area contributed by atoms with Crippen LogP contribution in [0.4, 0.5) is 0 Å². The summed E-state index contributed by atoms with van der Waals surface area (Å²) in [6.45, 7) is 2.25. The van der Waals surface area contributed by atoms with E-state index < -0.39 is 0 Å². The van der Waals surface area contributed by atoms with E-state index in [2.05, 4.69) is 22.8 Å². The lowest BCUT2D eigenvalue weighted by atomic mass is 9.86. The summed E-state index contributed by atoms with van der Waals surface area (Å²) < 4.78 is 10.2. The smallest absolute Gasteiger partial charge is 0.200 e. The van der Waals surface area contributed by atoms with Crippen LogP contribution in [0.1, 0.15) is 38.2 Å². The van der Waals surface area contributed by atoms with E-state index >= 15 is 0 Å². The molecule has 0 bridgehead atoms. The normalized spacial score (nSPS) is 20.6. The number of nitrogens with one attached hydrogen (secondary N) is 2. The Morgan fingerprint density at radius 1 is 1.25 bits per heavy atom. The molecule has 0 spiro atoms. The Labute approximate surface area is 148 Å². The Balaban J connectivity index is 1.94. The SMILES string of the molecule is COc1cc(/C=N/NC(=S)N[C@@H]2CCCC[C@@H]2C)cc(OC)c1O. The highest BCUT2D eigenvalue weighted by molar-refractivity contribution is 7.80. The number of aromatic hydroxyl groups is 1. The number of methoxy groups -OCH3 is 2. The molecule has 7 heteroatoms. The highest BCUT2D eigenvalue weighted by atomic mass is 32.1. The van der Waals surface area contributed by atoms with Gasteiger partial charge < -0.3 is 19.9 Å². The van der Waals surface area contributed by atoms with E-state index in [1.807, 2.05) is 0 Å². The maximum Gasteiger partial charge on any atom is 0.200 e. The van der Waals surface area contributed by atoms with Gasteiger partial charge in [0.05, 0.1) is 20.4 Å². The number of ether oxygens (including phenoxy) is 2. The van der Waals surface area contributed by atoms with Gasteiger partial charge in [-0.2, -0.15) is 5.10 Å². The van der Waals surface area contributed by atoms with Gasteiger partial charge in [0, 0.05) is 11.6 Å². The molecule has 132 valence electrons. The van der Waals surface area contributed by atoms with Crippen LogP contribution in [0, 0.1) is 5.92 Å². The third kappa shape index (κ3) is 4.74.